The number of carbonyl (C=O) groups excluding carboxylic acids is 1. The molecule has 0 fully saturated rings. The predicted molar refractivity (Wildman–Crippen MR) is 98.5 cm³/mol. The van der Waals surface area contributed by atoms with Crippen molar-refractivity contribution in [3.8, 4) is 0 Å². The fraction of sp³-hybridized carbons (Fsp3) is 0.300. The zero-order valence-corrected chi connectivity index (χ0v) is 14.4. The molecule has 1 aromatic heterocycles. The molecule has 0 saturated carbocycles. The summed E-state index contributed by atoms with van der Waals surface area (Å²) in [5.74, 6) is 1.01. The second-order valence-electron chi connectivity index (χ2n) is 5.92. The van der Waals surface area contributed by atoms with Crippen LogP contribution in [0.3, 0.4) is 0 Å². The molecule has 1 heterocycles. The molecule has 0 bridgehead atoms. The minimum atomic E-state index is 0.0282. The summed E-state index contributed by atoms with van der Waals surface area (Å²) in [4.78, 5) is 16.8. The van der Waals surface area contributed by atoms with E-state index in [2.05, 4.69) is 28.1 Å². The third kappa shape index (κ3) is 4.45. The molecule has 0 atom stereocenters. The number of rotatable bonds is 8. The van der Waals surface area contributed by atoms with Crippen LogP contribution in [0.15, 0.2) is 54.6 Å². The van der Waals surface area contributed by atoms with Crippen LogP contribution >= 0.6 is 0 Å². The maximum atomic E-state index is 12.0. The largest absolute Gasteiger partial charge is 0.383 e. The number of nitrogens with zero attached hydrogens (tertiary/aromatic N) is 2. The van der Waals surface area contributed by atoms with E-state index in [9.17, 15) is 4.79 Å². The molecule has 3 aromatic rings. The Bertz CT molecular complexity index is 827. The molecule has 0 aliphatic rings. The first-order valence-corrected chi connectivity index (χ1v) is 8.51. The lowest BCUT2D eigenvalue weighted by Gasteiger charge is -2.10. The summed E-state index contributed by atoms with van der Waals surface area (Å²) in [6.07, 6.45) is 1.17. The molecule has 0 unspecified atom stereocenters. The maximum Gasteiger partial charge on any atom is 0.221 e. The van der Waals surface area contributed by atoms with E-state index >= 15 is 0 Å². The van der Waals surface area contributed by atoms with Crippen molar-refractivity contribution in [2.24, 2.45) is 0 Å². The van der Waals surface area contributed by atoms with Gasteiger partial charge in [0, 0.05) is 33.0 Å². The van der Waals surface area contributed by atoms with Crippen molar-refractivity contribution in [2.75, 3.05) is 20.3 Å². The number of carbonyl (C=O) groups is 1. The molecule has 130 valence electrons. The summed E-state index contributed by atoms with van der Waals surface area (Å²) in [7, 11) is 1.62. The topological polar surface area (TPSA) is 56.1 Å². The Morgan fingerprint density at radius 3 is 2.68 bits per heavy atom. The van der Waals surface area contributed by atoms with Crippen molar-refractivity contribution in [1.82, 2.24) is 14.9 Å². The Labute approximate surface area is 147 Å². The van der Waals surface area contributed by atoms with E-state index in [4.69, 9.17) is 9.72 Å². The molecule has 0 saturated heterocycles. The first-order valence-electron chi connectivity index (χ1n) is 8.51. The van der Waals surface area contributed by atoms with Gasteiger partial charge in [0.05, 0.1) is 17.6 Å². The molecule has 1 N–H and O–H groups in total. The number of hydrogen-bond acceptors (Lipinski definition) is 3. The van der Waals surface area contributed by atoms with Gasteiger partial charge in [-0.25, -0.2) is 4.98 Å². The van der Waals surface area contributed by atoms with Crippen molar-refractivity contribution >= 4 is 16.9 Å². The number of nitrogens with one attached hydrogen (secondary N) is 1. The fourth-order valence-corrected chi connectivity index (χ4v) is 2.88. The molecule has 5 heteroatoms. The molecule has 3 rings (SSSR count). The Morgan fingerprint density at radius 1 is 1.12 bits per heavy atom. The number of benzene rings is 2. The highest BCUT2D eigenvalue weighted by Gasteiger charge is 2.12. The van der Waals surface area contributed by atoms with Gasteiger partial charge in [-0.05, 0) is 17.7 Å². The average molecular weight is 337 g/mol. The summed E-state index contributed by atoms with van der Waals surface area (Å²) >= 11 is 0. The molecule has 1 amide bonds. The quantitative estimate of drug-likeness (QED) is 0.643. The number of fused-ring (bicyclic) bond motifs is 1. The van der Waals surface area contributed by atoms with Crippen molar-refractivity contribution in [3.05, 3.63) is 66.0 Å². The van der Waals surface area contributed by atoms with E-state index in [1.54, 1.807) is 7.11 Å². The van der Waals surface area contributed by atoms with Crippen molar-refractivity contribution < 1.29 is 9.53 Å². The van der Waals surface area contributed by atoms with Crippen LogP contribution in [0.5, 0.6) is 0 Å². The highest BCUT2D eigenvalue weighted by molar-refractivity contribution is 5.78. The van der Waals surface area contributed by atoms with Gasteiger partial charge < -0.3 is 14.6 Å². The highest BCUT2D eigenvalue weighted by Crippen LogP contribution is 2.19. The van der Waals surface area contributed by atoms with Crippen molar-refractivity contribution in [1.29, 1.82) is 0 Å². The number of amides is 1. The fourth-order valence-electron chi connectivity index (χ4n) is 2.88. The Balaban J connectivity index is 1.77. The third-order valence-corrected chi connectivity index (χ3v) is 4.13. The standard InChI is InChI=1S/C20H23N3O2/c1-25-14-12-21-20(24)11-13-23-18-10-6-5-9-17(18)22-19(23)15-16-7-3-2-4-8-16/h2-10H,11-15H2,1H3,(H,21,24). The summed E-state index contributed by atoms with van der Waals surface area (Å²) in [6, 6.07) is 18.3. The number of para-hydroxylation sites is 2. The van der Waals surface area contributed by atoms with Gasteiger partial charge >= 0.3 is 0 Å². The van der Waals surface area contributed by atoms with Gasteiger partial charge in [-0.1, -0.05) is 42.5 Å². The molecular formula is C20H23N3O2. The number of aryl methyl sites for hydroxylation is 1. The van der Waals surface area contributed by atoms with Crippen LogP contribution in [0.25, 0.3) is 11.0 Å². The highest BCUT2D eigenvalue weighted by atomic mass is 16.5. The Hall–Kier alpha value is -2.66. The predicted octanol–water partition coefficient (Wildman–Crippen LogP) is 2.78. The van der Waals surface area contributed by atoms with Crippen LogP contribution in [0, 0.1) is 0 Å². The first kappa shape index (κ1) is 17.2. The van der Waals surface area contributed by atoms with Gasteiger partial charge in [0.1, 0.15) is 5.82 Å². The third-order valence-electron chi connectivity index (χ3n) is 4.13. The van der Waals surface area contributed by atoms with E-state index < -0.39 is 0 Å². The molecule has 0 aliphatic carbocycles. The van der Waals surface area contributed by atoms with Gasteiger partial charge in [-0.3, -0.25) is 4.79 Å². The molecule has 0 radical (unpaired) electrons. The molecule has 25 heavy (non-hydrogen) atoms. The SMILES string of the molecule is COCCNC(=O)CCn1c(Cc2ccccc2)nc2ccccc21. The molecular weight excluding hydrogens is 314 g/mol. The van der Waals surface area contributed by atoms with E-state index in [-0.39, 0.29) is 5.91 Å². The molecule has 0 spiro atoms. The first-order chi connectivity index (χ1) is 12.3. The van der Waals surface area contributed by atoms with Crippen LogP contribution in [-0.2, 0) is 22.5 Å². The van der Waals surface area contributed by atoms with E-state index in [0.717, 1.165) is 23.3 Å². The van der Waals surface area contributed by atoms with Crippen LogP contribution < -0.4 is 5.32 Å². The zero-order chi connectivity index (χ0) is 17.5. The molecule has 0 aliphatic heterocycles. The summed E-state index contributed by atoms with van der Waals surface area (Å²) in [5, 5.41) is 2.87. The number of aromatic nitrogens is 2. The van der Waals surface area contributed by atoms with Gasteiger partial charge in [-0.2, -0.15) is 0 Å². The summed E-state index contributed by atoms with van der Waals surface area (Å²) in [5.41, 5.74) is 3.25. The second kappa shape index (κ2) is 8.44. The molecule has 2 aromatic carbocycles. The minimum Gasteiger partial charge on any atom is -0.383 e. The van der Waals surface area contributed by atoms with Crippen LogP contribution in [0.4, 0.5) is 0 Å². The second-order valence-corrected chi connectivity index (χ2v) is 5.92. The van der Waals surface area contributed by atoms with Crippen LogP contribution in [0.2, 0.25) is 0 Å². The lowest BCUT2D eigenvalue weighted by Crippen LogP contribution is -2.27. The normalized spacial score (nSPS) is 10.9. The maximum absolute atomic E-state index is 12.0. The minimum absolute atomic E-state index is 0.0282. The van der Waals surface area contributed by atoms with E-state index in [0.29, 0.717) is 26.1 Å². The Morgan fingerprint density at radius 2 is 1.88 bits per heavy atom. The van der Waals surface area contributed by atoms with Crippen LogP contribution in [0.1, 0.15) is 17.8 Å². The number of ether oxygens (including phenoxy) is 1. The number of methoxy groups -OCH3 is 1. The summed E-state index contributed by atoms with van der Waals surface area (Å²) in [6.45, 7) is 1.68. The molecule has 5 nitrogen and oxygen atoms in total. The lowest BCUT2D eigenvalue weighted by atomic mass is 10.1. The van der Waals surface area contributed by atoms with E-state index in [1.807, 2.05) is 36.4 Å². The van der Waals surface area contributed by atoms with Gasteiger partial charge in [-0.15, -0.1) is 0 Å². The number of imidazole rings is 1. The van der Waals surface area contributed by atoms with Gasteiger partial charge in [0.25, 0.3) is 0 Å². The van der Waals surface area contributed by atoms with Gasteiger partial charge in [0.2, 0.25) is 5.91 Å². The summed E-state index contributed by atoms with van der Waals surface area (Å²) < 4.78 is 7.11. The van der Waals surface area contributed by atoms with Crippen molar-refractivity contribution in [3.63, 3.8) is 0 Å². The monoisotopic (exact) mass is 337 g/mol. The zero-order valence-electron chi connectivity index (χ0n) is 14.4. The van der Waals surface area contributed by atoms with E-state index in [1.165, 1.54) is 5.56 Å². The number of hydrogen-bond donors (Lipinski definition) is 1. The average Bonchev–Trinajstić information content (AvgIpc) is 2.98. The van der Waals surface area contributed by atoms with Crippen molar-refractivity contribution in [2.45, 2.75) is 19.4 Å². The Kier molecular flexibility index (Phi) is 5.80. The van der Waals surface area contributed by atoms with Gasteiger partial charge in [0.15, 0.2) is 0 Å². The van der Waals surface area contributed by atoms with Crippen LogP contribution in [-0.4, -0.2) is 35.7 Å². The lowest BCUT2D eigenvalue weighted by molar-refractivity contribution is -0.121. The smallest absolute Gasteiger partial charge is 0.221 e.